The van der Waals surface area contributed by atoms with E-state index < -0.39 is 0 Å². The number of nitriles is 1. The summed E-state index contributed by atoms with van der Waals surface area (Å²) in [6.45, 7) is 4.14. The van der Waals surface area contributed by atoms with Crippen molar-refractivity contribution >= 4 is 11.3 Å². The third-order valence-electron chi connectivity index (χ3n) is 4.68. The number of nitrogens with two attached hydrogens (primary N) is 1. The van der Waals surface area contributed by atoms with Gasteiger partial charge in [0.05, 0.1) is 24.3 Å². The Hall–Kier alpha value is -3.24. The van der Waals surface area contributed by atoms with Crippen molar-refractivity contribution < 1.29 is 9.47 Å². The molecule has 1 aromatic carbocycles. The first-order valence-electron chi connectivity index (χ1n) is 8.40. The van der Waals surface area contributed by atoms with Gasteiger partial charge in [0, 0.05) is 15.3 Å². The van der Waals surface area contributed by atoms with E-state index in [4.69, 9.17) is 15.2 Å². The molecular weight excluding hydrogens is 360 g/mol. The maximum Gasteiger partial charge on any atom is 0.244 e. The Bertz CT molecular complexity index is 1100. The van der Waals surface area contributed by atoms with Crippen molar-refractivity contribution in [3.63, 3.8) is 0 Å². The summed E-state index contributed by atoms with van der Waals surface area (Å²) >= 11 is 1.72. The highest BCUT2D eigenvalue weighted by atomic mass is 32.1. The number of rotatable bonds is 3. The van der Waals surface area contributed by atoms with Gasteiger partial charge >= 0.3 is 0 Å². The van der Waals surface area contributed by atoms with E-state index in [1.807, 2.05) is 24.3 Å². The summed E-state index contributed by atoms with van der Waals surface area (Å²) < 4.78 is 11.0. The zero-order valence-electron chi connectivity index (χ0n) is 15.2. The average Bonchev–Trinajstić information content (AvgIpc) is 3.22. The van der Waals surface area contributed by atoms with E-state index in [2.05, 4.69) is 36.2 Å². The van der Waals surface area contributed by atoms with Crippen LogP contribution in [0.25, 0.3) is 11.3 Å². The van der Waals surface area contributed by atoms with Crippen LogP contribution in [-0.4, -0.2) is 17.3 Å². The minimum Gasteiger partial charge on any atom is -0.497 e. The quantitative estimate of drug-likeness (QED) is 0.718. The Balaban J connectivity index is 1.97. The van der Waals surface area contributed by atoms with E-state index in [0.29, 0.717) is 17.2 Å². The number of benzene rings is 1. The fourth-order valence-electron chi connectivity index (χ4n) is 3.48. The Kier molecular flexibility index (Phi) is 4.13. The second kappa shape index (κ2) is 6.49. The fourth-order valence-corrected chi connectivity index (χ4v) is 4.41. The SMILES string of the molecule is COc1cccc([C@@H]2C(C#N)=C(N)Oc3n[nH]c(-c4cc(C)sc4C)c32)c1. The van der Waals surface area contributed by atoms with Crippen molar-refractivity contribution in [3.05, 3.63) is 62.7 Å². The lowest BCUT2D eigenvalue weighted by Crippen LogP contribution is -2.21. The van der Waals surface area contributed by atoms with Crippen LogP contribution in [-0.2, 0) is 0 Å². The molecule has 7 heteroatoms. The third kappa shape index (κ3) is 2.75. The largest absolute Gasteiger partial charge is 0.497 e. The van der Waals surface area contributed by atoms with Crippen molar-refractivity contribution in [2.24, 2.45) is 5.73 Å². The van der Waals surface area contributed by atoms with Crippen molar-refractivity contribution in [3.8, 4) is 29.0 Å². The lowest BCUT2D eigenvalue weighted by molar-refractivity contribution is 0.378. The number of aryl methyl sites for hydroxylation is 2. The van der Waals surface area contributed by atoms with Crippen LogP contribution in [0.3, 0.4) is 0 Å². The maximum absolute atomic E-state index is 9.78. The van der Waals surface area contributed by atoms with E-state index in [9.17, 15) is 5.26 Å². The monoisotopic (exact) mass is 378 g/mol. The Morgan fingerprint density at radius 3 is 2.81 bits per heavy atom. The number of hydrogen-bond donors (Lipinski definition) is 2. The van der Waals surface area contributed by atoms with E-state index >= 15 is 0 Å². The first-order chi connectivity index (χ1) is 13.0. The van der Waals surface area contributed by atoms with Gasteiger partial charge in [0.2, 0.25) is 11.8 Å². The predicted molar refractivity (Wildman–Crippen MR) is 104 cm³/mol. The number of H-pyrrole nitrogens is 1. The van der Waals surface area contributed by atoms with Gasteiger partial charge in [0.1, 0.15) is 17.4 Å². The zero-order valence-corrected chi connectivity index (χ0v) is 16.0. The number of methoxy groups -OCH3 is 1. The van der Waals surface area contributed by atoms with Crippen LogP contribution in [0.4, 0.5) is 0 Å². The van der Waals surface area contributed by atoms with Crippen molar-refractivity contribution in [1.82, 2.24) is 10.2 Å². The molecule has 0 amide bonds. The summed E-state index contributed by atoms with van der Waals surface area (Å²) in [4.78, 5) is 2.38. The van der Waals surface area contributed by atoms with Gasteiger partial charge in [-0.15, -0.1) is 16.4 Å². The van der Waals surface area contributed by atoms with Crippen LogP contribution in [0.2, 0.25) is 0 Å². The molecule has 3 N–H and O–H groups in total. The van der Waals surface area contributed by atoms with Gasteiger partial charge in [-0.25, -0.2) is 0 Å². The number of ether oxygens (including phenoxy) is 2. The summed E-state index contributed by atoms with van der Waals surface area (Å²) in [5.41, 5.74) is 10.0. The number of nitrogens with one attached hydrogen (secondary N) is 1. The number of fused-ring (bicyclic) bond motifs is 1. The Morgan fingerprint density at radius 1 is 1.33 bits per heavy atom. The highest BCUT2D eigenvalue weighted by Gasteiger charge is 2.36. The molecule has 3 heterocycles. The van der Waals surface area contributed by atoms with Gasteiger partial charge in [-0.2, -0.15) is 5.26 Å². The lowest BCUT2D eigenvalue weighted by Gasteiger charge is -2.24. The van der Waals surface area contributed by atoms with E-state index in [1.165, 1.54) is 9.75 Å². The summed E-state index contributed by atoms with van der Waals surface area (Å²) in [6, 6.07) is 12.0. The highest BCUT2D eigenvalue weighted by Crippen LogP contribution is 2.47. The molecule has 0 saturated carbocycles. The standard InChI is InChI=1S/C20H18N4O2S/c1-10-7-14(11(2)27-10)18-17-16(12-5-4-6-13(8-12)25-3)15(9-21)19(22)26-20(17)24-23-18/h4-8,16H,22H2,1-3H3,(H,23,24)/t16-/m1/s1. The molecule has 3 aromatic rings. The maximum atomic E-state index is 9.78. The van der Waals surface area contributed by atoms with Gasteiger partial charge < -0.3 is 15.2 Å². The van der Waals surface area contributed by atoms with E-state index in [0.717, 1.165) is 22.4 Å². The molecule has 0 bridgehead atoms. The topological polar surface area (TPSA) is 96.9 Å². The molecule has 1 atom stereocenters. The van der Waals surface area contributed by atoms with Crippen molar-refractivity contribution in [2.75, 3.05) is 7.11 Å². The van der Waals surface area contributed by atoms with E-state index in [-0.39, 0.29) is 11.8 Å². The van der Waals surface area contributed by atoms with Crippen LogP contribution in [0.5, 0.6) is 11.6 Å². The Labute approximate surface area is 160 Å². The zero-order chi connectivity index (χ0) is 19.1. The lowest BCUT2D eigenvalue weighted by atomic mass is 9.83. The molecule has 6 nitrogen and oxygen atoms in total. The third-order valence-corrected chi connectivity index (χ3v) is 5.64. The van der Waals surface area contributed by atoms with Crippen LogP contribution in [0, 0.1) is 25.2 Å². The number of allylic oxidation sites excluding steroid dienone is 1. The van der Waals surface area contributed by atoms with Gasteiger partial charge in [-0.3, -0.25) is 5.10 Å². The summed E-state index contributed by atoms with van der Waals surface area (Å²) in [6.07, 6.45) is 0. The second-order valence-electron chi connectivity index (χ2n) is 6.35. The molecule has 27 heavy (non-hydrogen) atoms. The normalized spacial score (nSPS) is 15.9. The van der Waals surface area contributed by atoms with Gasteiger partial charge in [0.15, 0.2) is 0 Å². The average molecular weight is 378 g/mol. The van der Waals surface area contributed by atoms with Gasteiger partial charge in [0.25, 0.3) is 0 Å². The number of aromatic amines is 1. The number of thiophene rings is 1. The minimum atomic E-state index is -0.387. The molecule has 1 aliphatic heterocycles. The molecule has 0 radical (unpaired) electrons. The molecule has 0 spiro atoms. The first kappa shape index (κ1) is 17.2. The number of nitrogens with zero attached hydrogens (tertiary/aromatic N) is 2. The van der Waals surface area contributed by atoms with Crippen LogP contribution in [0.1, 0.15) is 26.8 Å². The molecular formula is C20H18N4O2S. The molecule has 2 aromatic heterocycles. The summed E-state index contributed by atoms with van der Waals surface area (Å²) in [7, 11) is 1.62. The van der Waals surface area contributed by atoms with Crippen molar-refractivity contribution in [1.29, 1.82) is 5.26 Å². The van der Waals surface area contributed by atoms with Gasteiger partial charge in [-0.05, 0) is 37.6 Å². The fraction of sp³-hybridized carbons (Fsp3) is 0.200. The minimum absolute atomic E-state index is 0.0779. The van der Waals surface area contributed by atoms with E-state index in [1.54, 1.807) is 18.4 Å². The van der Waals surface area contributed by atoms with Crippen LogP contribution < -0.4 is 15.2 Å². The summed E-state index contributed by atoms with van der Waals surface area (Å²) in [5, 5.41) is 17.2. The molecule has 4 rings (SSSR count). The Morgan fingerprint density at radius 2 is 2.15 bits per heavy atom. The molecule has 0 fully saturated rings. The first-order valence-corrected chi connectivity index (χ1v) is 9.22. The molecule has 136 valence electrons. The highest BCUT2D eigenvalue weighted by molar-refractivity contribution is 7.12. The van der Waals surface area contributed by atoms with Gasteiger partial charge in [-0.1, -0.05) is 12.1 Å². The predicted octanol–water partition coefficient (Wildman–Crippen LogP) is 3.98. The number of hydrogen-bond acceptors (Lipinski definition) is 6. The second-order valence-corrected chi connectivity index (χ2v) is 7.81. The van der Waals surface area contributed by atoms with Crippen LogP contribution in [0.15, 0.2) is 41.8 Å². The molecule has 1 aliphatic rings. The summed E-state index contributed by atoms with van der Waals surface area (Å²) in [5.74, 6) is 0.804. The van der Waals surface area contributed by atoms with Crippen molar-refractivity contribution in [2.45, 2.75) is 19.8 Å². The molecule has 0 unspecified atom stereocenters. The number of aromatic nitrogens is 2. The smallest absolute Gasteiger partial charge is 0.244 e. The molecule has 0 aliphatic carbocycles. The molecule has 0 saturated heterocycles. The van der Waals surface area contributed by atoms with Crippen LogP contribution >= 0.6 is 11.3 Å².